The molecule has 0 radical (unpaired) electrons. The molecule has 5 heteroatoms. The fraction of sp³-hybridized carbons (Fsp3) is 0.231. The van der Waals surface area contributed by atoms with Crippen LogP contribution in [-0.2, 0) is 17.8 Å². The maximum atomic E-state index is 9.21. The predicted molar refractivity (Wildman–Crippen MR) is 73.9 cm³/mol. The Morgan fingerprint density at radius 3 is 2.67 bits per heavy atom. The molecule has 1 aromatic heterocycles. The Bertz CT molecular complexity index is 471. The van der Waals surface area contributed by atoms with Gasteiger partial charge in [-0.15, -0.1) is 11.3 Å². The van der Waals surface area contributed by atoms with Crippen molar-refractivity contribution in [2.75, 3.05) is 6.61 Å². The number of ether oxygens (including phenoxy) is 1. The van der Waals surface area contributed by atoms with Crippen molar-refractivity contribution in [3.8, 4) is 0 Å². The molecule has 0 aliphatic carbocycles. The van der Waals surface area contributed by atoms with Crippen LogP contribution in [0, 0.1) is 0 Å². The lowest BCUT2D eigenvalue weighted by Gasteiger charge is -2.09. The van der Waals surface area contributed by atoms with Crippen LogP contribution >= 0.6 is 11.3 Å². The highest BCUT2D eigenvalue weighted by molar-refractivity contribution is 7.09. The standard InChI is InChI=1S/C13H15BO3S/c15-14(16)13-6-2-1-4-11(13)10-17-8-7-12-5-3-9-18-12/h1-6,9,15-16H,7-8,10H2. The van der Waals surface area contributed by atoms with Crippen molar-refractivity contribution < 1.29 is 14.8 Å². The van der Waals surface area contributed by atoms with E-state index in [1.54, 1.807) is 23.5 Å². The van der Waals surface area contributed by atoms with E-state index in [0.29, 0.717) is 18.7 Å². The molecule has 0 saturated carbocycles. The molecule has 3 nitrogen and oxygen atoms in total. The second-order valence-corrected chi connectivity index (χ2v) is 4.99. The number of rotatable bonds is 6. The summed E-state index contributed by atoms with van der Waals surface area (Å²) in [5, 5.41) is 20.5. The van der Waals surface area contributed by atoms with E-state index in [1.807, 2.05) is 23.6 Å². The fourth-order valence-electron chi connectivity index (χ4n) is 1.73. The summed E-state index contributed by atoms with van der Waals surface area (Å²) >= 11 is 1.72. The van der Waals surface area contributed by atoms with Crippen molar-refractivity contribution in [1.29, 1.82) is 0 Å². The van der Waals surface area contributed by atoms with Crippen LogP contribution in [0.15, 0.2) is 41.8 Å². The highest BCUT2D eigenvalue weighted by Gasteiger charge is 2.14. The van der Waals surface area contributed by atoms with Crippen LogP contribution in [0.5, 0.6) is 0 Å². The number of benzene rings is 1. The lowest BCUT2D eigenvalue weighted by molar-refractivity contribution is 0.124. The Morgan fingerprint density at radius 2 is 1.94 bits per heavy atom. The van der Waals surface area contributed by atoms with Crippen LogP contribution in [0.4, 0.5) is 0 Å². The zero-order valence-electron chi connectivity index (χ0n) is 9.95. The zero-order chi connectivity index (χ0) is 12.8. The third-order valence-electron chi connectivity index (χ3n) is 2.66. The van der Waals surface area contributed by atoms with E-state index in [9.17, 15) is 10.0 Å². The molecule has 0 aliphatic rings. The van der Waals surface area contributed by atoms with Gasteiger partial charge in [0.2, 0.25) is 0 Å². The van der Waals surface area contributed by atoms with Crippen molar-refractivity contribution in [3.05, 3.63) is 52.2 Å². The molecule has 0 spiro atoms. The fourth-order valence-corrected chi connectivity index (χ4v) is 2.42. The molecule has 0 amide bonds. The Morgan fingerprint density at radius 1 is 1.11 bits per heavy atom. The van der Waals surface area contributed by atoms with E-state index in [2.05, 4.69) is 6.07 Å². The lowest BCUT2D eigenvalue weighted by atomic mass is 9.77. The monoisotopic (exact) mass is 262 g/mol. The third-order valence-corrected chi connectivity index (χ3v) is 3.60. The average Bonchev–Trinajstić information content (AvgIpc) is 2.88. The molecule has 18 heavy (non-hydrogen) atoms. The van der Waals surface area contributed by atoms with Gasteiger partial charge in [-0.1, -0.05) is 30.3 Å². The van der Waals surface area contributed by atoms with Gasteiger partial charge in [0.05, 0.1) is 13.2 Å². The average molecular weight is 262 g/mol. The van der Waals surface area contributed by atoms with Gasteiger partial charge in [-0.05, 0) is 22.5 Å². The molecule has 94 valence electrons. The normalized spacial score (nSPS) is 10.6. The minimum absolute atomic E-state index is 0.402. The molecule has 2 rings (SSSR count). The van der Waals surface area contributed by atoms with Gasteiger partial charge < -0.3 is 14.8 Å². The van der Waals surface area contributed by atoms with Gasteiger partial charge in [0, 0.05) is 11.3 Å². The van der Waals surface area contributed by atoms with Crippen molar-refractivity contribution in [1.82, 2.24) is 0 Å². The summed E-state index contributed by atoms with van der Waals surface area (Å²) < 4.78 is 5.57. The SMILES string of the molecule is OB(O)c1ccccc1COCCc1cccs1. The Balaban J connectivity index is 1.83. The highest BCUT2D eigenvalue weighted by Crippen LogP contribution is 2.09. The molecule has 0 aliphatic heterocycles. The smallest absolute Gasteiger partial charge is 0.423 e. The molecule has 1 heterocycles. The van der Waals surface area contributed by atoms with Crippen LogP contribution in [0.3, 0.4) is 0 Å². The van der Waals surface area contributed by atoms with Gasteiger partial charge in [-0.3, -0.25) is 0 Å². The third kappa shape index (κ3) is 3.68. The van der Waals surface area contributed by atoms with Gasteiger partial charge in [-0.2, -0.15) is 0 Å². The lowest BCUT2D eigenvalue weighted by Crippen LogP contribution is -2.33. The zero-order valence-corrected chi connectivity index (χ0v) is 10.8. The molecule has 0 bridgehead atoms. The van der Waals surface area contributed by atoms with Crippen molar-refractivity contribution >= 4 is 23.9 Å². The molecule has 2 aromatic rings. The summed E-state index contributed by atoms with van der Waals surface area (Å²) in [7, 11) is -1.44. The van der Waals surface area contributed by atoms with Gasteiger partial charge in [0.1, 0.15) is 0 Å². The van der Waals surface area contributed by atoms with Crippen LogP contribution in [0.1, 0.15) is 10.4 Å². The molecule has 2 N–H and O–H groups in total. The van der Waals surface area contributed by atoms with E-state index in [0.717, 1.165) is 12.0 Å². The molecular formula is C13H15BO3S. The van der Waals surface area contributed by atoms with Gasteiger partial charge in [0.25, 0.3) is 0 Å². The second-order valence-electron chi connectivity index (χ2n) is 3.95. The van der Waals surface area contributed by atoms with Crippen LogP contribution in [-0.4, -0.2) is 23.8 Å². The van der Waals surface area contributed by atoms with Gasteiger partial charge in [-0.25, -0.2) is 0 Å². The molecule has 1 aromatic carbocycles. The maximum Gasteiger partial charge on any atom is 0.488 e. The summed E-state index contributed by atoms with van der Waals surface area (Å²) in [6.07, 6.45) is 0.890. The molecule has 0 atom stereocenters. The van der Waals surface area contributed by atoms with E-state index in [-0.39, 0.29) is 0 Å². The Labute approximate surface area is 111 Å². The summed E-state index contributed by atoms with van der Waals surface area (Å²) in [6.45, 7) is 1.04. The van der Waals surface area contributed by atoms with Crippen molar-refractivity contribution in [2.45, 2.75) is 13.0 Å². The quantitative estimate of drug-likeness (QED) is 0.607. The number of thiophene rings is 1. The first-order valence-electron chi connectivity index (χ1n) is 5.81. The Hall–Kier alpha value is -1.14. The van der Waals surface area contributed by atoms with E-state index in [4.69, 9.17) is 4.74 Å². The summed E-state index contributed by atoms with van der Waals surface area (Å²) in [5.41, 5.74) is 1.33. The van der Waals surface area contributed by atoms with Crippen molar-refractivity contribution in [3.63, 3.8) is 0 Å². The summed E-state index contributed by atoms with van der Waals surface area (Å²) in [5.74, 6) is 0. The minimum atomic E-state index is -1.44. The van der Waals surface area contributed by atoms with Gasteiger partial charge in [0.15, 0.2) is 0 Å². The molecular weight excluding hydrogens is 247 g/mol. The van der Waals surface area contributed by atoms with Crippen molar-refractivity contribution in [2.24, 2.45) is 0 Å². The second kappa shape index (κ2) is 6.71. The topological polar surface area (TPSA) is 49.7 Å². The Kier molecular flexibility index (Phi) is 4.95. The molecule has 0 saturated heterocycles. The number of hydrogen-bond donors (Lipinski definition) is 2. The number of hydrogen-bond acceptors (Lipinski definition) is 4. The van der Waals surface area contributed by atoms with Crippen LogP contribution < -0.4 is 5.46 Å². The highest BCUT2D eigenvalue weighted by atomic mass is 32.1. The molecule has 0 unspecified atom stereocenters. The predicted octanol–water partition coefficient (Wildman–Crippen LogP) is 1.19. The van der Waals surface area contributed by atoms with Crippen LogP contribution in [0.2, 0.25) is 0 Å². The largest absolute Gasteiger partial charge is 0.488 e. The minimum Gasteiger partial charge on any atom is -0.423 e. The first-order valence-corrected chi connectivity index (χ1v) is 6.69. The van der Waals surface area contributed by atoms with E-state index >= 15 is 0 Å². The van der Waals surface area contributed by atoms with E-state index in [1.165, 1.54) is 4.88 Å². The summed E-state index contributed by atoms with van der Waals surface area (Å²) in [6, 6.07) is 11.3. The summed E-state index contributed by atoms with van der Waals surface area (Å²) in [4.78, 5) is 1.30. The first-order chi connectivity index (χ1) is 8.77. The van der Waals surface area contributed by atoms with Gasteiger partial charge >= 0.3 is 7.12 Å². The first kappa shape index (κ1) is 13.3. The van der Waals surface area contributed by atoms with E-state index < -0.39 is 7.12 Å². The maximum absolute atomic E-state index is 9.21. The van der Waals surface area contributed by atoms with Crippen LogP contribution in [0.25, 0.3) is 0 Å². The molecule has 0 fully saturated rings.